The Labute approximate surface area is 190 Å². The first-order valence-corrected chi connectivity index (χ1v) is 11.2. The Kier molecular flexibility index (Phi) is 7.54. The van der Waals surface area contributed by atoms with Gasteiger partial charge in [0.15, 0.2) is 6.61 Å². The van der Waals surface area contributed by atoms with Crippen molar-refractivity contribution in [1.29, 1.82) is 0 Å². The SMILES string of the molecule is Cc1ccc(OCC(=O)NC2CCN(C(=O)Cc3ccc(F)cc3)CC2)c(C(C)(C)C)c1. The molecule has 2 aromatic carbocycles. The third-order valence-electron chi connectivity index (χ3n) is 5.78. The van der Waals surface area contributed by atoms with E-state index in [9.17, 15) is 14.0 Å². The van der Waals surface area contributed by atoms with E-state index < -0.39 is 0 Å². The van der Waals surface area contributed by atoms with E-state index in [1.54, 1.807) is 12.1 Å². The number of carbonyl (C=O) groups is 2. The van der Waals surface area contributed by atoms with Crippen LogP contribution in [-0.4, -0.2) is 42.5 Å². The van der Waals surface area contributed by atoms with Gasteiger partial charge in [0, 0.05) is 19.1 Å². The number of aryl methyl sites for hydroxylation is 1. The summed E-state index contributed by atoms with van der Waals surface area (Å²) in [6.07, 6.45) is 1.68. The van der Waals surface area contributed by atoms with Crippen LogP contribution in [0.2, 0.25) is 0 Å². The molecular weight excluding hydrogens is 407 g/mol. The number of halogens is 1. The lowest BCUT2D eigenvalue weighted by Gasteiger charge is -2.32. The van der Waals surface area contributed by atoms with Gasteiger partial charge in [0.1, 0.15) is 11.6 Å². The summed E-state index contributed by atoms with van der Waals surface area (Å²) in [7, 11) is 0. The molecule has 0 aliphatic carbocycles. The first-order chi connectivity index (χ1) is 15.1. The zero-order chi connectivity index (χ0) is 23.3. The molecule has 1 saturated heterocycles. The Morgan fingerprint density at radius 1 is 1.09 bits per heavy atom. The molecule has 0 unspecified atom stereocenters. The topological polar surface area (TPSA) is 58.6 Å². The number of piperidine rings is 1. The zero-order valence-electron chi connectivity index (χ0n) is 19.4. The highest BCUT2D eigenvalue weighted by Gasteiger charge is 2.24. The lowest BCUT2D eigenvalue weighted by molar-refractivity contribution is -0.131. The van der Waals surface area contributed by atoms with Crippen LogP contribution in [0.1, 0.15) is 50.3 Å². The predicted molar refractivity (Wildman–Crippen MR) is 123 cm³/mol. The fraction of sp³-hybridized carbons (Fsp3) is 0.462. The van der Waals surface area contributed by atoms with Crippen LogP contribution < -0.4 is 10.1 Å². The lowest BCUT2D eigenvalue weighted by atomic mass is 9.85. The number of nitrogens with one attached hydrogen (secondary N) is 1. The third kappa shape index (κ3) is 6.55. The molecule has 32 heavy (non-hydrogen) atoms. The summed E-state index contributed by atoms with van der Waals surface area (Å²) in [6.45, 7) is 9.58. The molecule has 1 heterocycles. The number of amides is 2. The Morgan fingerprint density at radius 2 is 1.75 bits per heavy atom. The van der Waals surface area contributed by atoms with Crippen molar-refractivity contribution in [1.82, 2.24) is 10.2 Å². The summed E-state index contributed by atoms with van der Waals surface area (Å²) in [6, 6.07) is 12.1. The maximum Gasteiger partial charge on any atom is 0.258 e. The average Bonchev–Trinajstić information content (AvgIpc) is 2.74. The van der Waals surface area contributed by atoms with Crippen molar-refractivity contribution in [2.75, 3.05) is 19.7 Å². The molecule has 1 fully saturated rings. The molecule has 172 valence electrons. The number of hydrogen-bond donors (Lipinski definition) is 1. The third-order valence-corrected chi connectivity index (χ3v) is 5.78. The zero-order valence-corrected chi connectivity index (χ0v) is 19.4. The Balaban J connectivity index is 1.45. The van der Waals surface area contributed by atoms with Crippen molar-refractivity contribution in [3.8, 4) is 5.75 Å². The van der Waals surface area contributed by atoms with Gasteiger partial charge in [-0.3, -0.25) is 9.59 Å². The van der Waals surface area contributed by atoms with Crippen molar-refractivity contribution in [3.05, 3.63) is 65.0 Å². The highest BCUT2D eigenvalue weighted by Crippen LogP contribution is 2.32. The number of carbonyl (C=O) groups excluding carboxylic acids is 2. The fourth-order valence-electron chi connectivity index (χ4n) is 3.93. The summed E-state index contributed by atoms with van der Waals surface area (Å²) < 4.78 is 18.9. The predicted octanol–water partition coefficient (Wildman–Crippen LogP) is 4.16. The molecule has 3 rings (SSSR count). The molecule has 5 nitrogen and oxygen atoms in total. The highest BCUT2D eigenvalue weighted by atomic mass is 19.1. The lowest BCUT2D eigenvalue weighted by Crippen LogP contribution is -2.47. The molecule has 0 spiro atoms. The van der Waals surface area contributed by atoms with Crippen LogP contribution >= 0.6 is 0 Å². The minimum Gasteiger partial charge on any atom is -0.483 e. The van der Waals surface area contributed by atoms with Gasteiger partial charge in [0.05, 0.1) is 6.42 Å². The quantitative estimate of drug-likeness (QED) is 0.734. The van der Waals surface area contributed by atoms with Crippen molar-refractivity contribution in [3.63, 3.8) is 0 Å². The van der Waals surface area contributed by atoms with Crippen LogP contribution in [0.5, 0.6) is 5.75 Å². The van der Waals surface area contributed by atoms with Crippen LogP contribution in [0, 0.1) is 12.7 Å². The Morgan fingerprint density at radius 3 is 2.38 bits per heavy atom. The van der Waals surface area contributed by atoms with Gasteiger partial charge in [-0.15, -0.1) is 0 Å². The van der Waals surface area contributed by atoms with Gasteiger partial charge in [0.25, 0.3) is 5.91 Å². The van der Waals surface area contributed by atoms with Gasteiger partial charge in [-0.1, -0.05) is 50.6 Å². The second-order valence-corrected chi connectivity index (χ2v) is 9.56. The molecular formula is C26H33FN2O3. The molecule has 0 bridgehead atoms. The van der Waals surface area contributed by atoms with Crippen molar-refractivity contribution >= 4 is 11.8 Å². The fourth-order valence-corrected chi connectivity index (χ4v) is 3.93. The van der Waals surface area contributed by atoms with Crippen LogP contribution in [0.3, 0.4) is 0 Å². The van der Waals surface area contributed by atoms with E-state index in [0.29, 0.717) is 25.9 Å². The molecule has 1 N–H and O–H groups in total. The van der Waals surface area contributed by atoms with Crippen LogP contribution in [-0.2, 0) is 21.4 Å². The van der Waals surface area contributed by atoms with E-state index in [1.165, 1.54) is 12.1 Å². The Bertz CT molecular complexity index is 943. The molecule has 6 heteroatoms. The molecule has 1 aliphatic rings. The number of likely N-dealkylation sites (tertiary alicyclic amines) is 1. The minimum atomic E-state index is -0.307. The average molecular weight is 441 g/mol. The molecule has 0 radical (unpaired) electrons. The number of ether oxygens (including phenoxy) is 1. The van der Waals surface area contributed by atoms with E-state index in [2.05, 4.69) is 32.2 Å². The maximum absolute atomic E-state index is 13.0. The molecule has 0 aromatic heterocycles. The van der Waals surface area contributed by atoms with Gasteiger partial charge in [-0.05, 0) is 54.5 Å². The summed E-state index contributed by atoms with van der Waals surface area (Å²) in [5, 5.41) is 3.03. The van der Waals surface area contributed by atoms with E-state index in [0.717, 1.165) is 22.4 Å². The molecule has 0 saturated carbocycles. The van der Waals surface area contributed by atoms with Crippen molar-refractivity contribution in [2.24, 2.45) is 0 Å². The molecule has 0 atom stereocenters. The van der Waals surface area contributed by atoms with Crippen LogP contribution in [0.25, 0.3) is 0 Å². The van der Waals surface area contributed by atoms with Gasteiger partial charge in [-0.2, -0.15) is 0 Å². The van der Waals surface area contributed by atoms with Crippen LogP contribution in [0.15, 0.2) is 42.5 Å². The van der Waals surface area contributed by atoms with Gasteiger partial charge >= 0.3 is 0 Å². The summed E-state index contributed by atoms with van der Waals surface area (Å²) in [4.78, 5) is 26.8. The second-order valence-electron chi connectivity index (χ2n) is 9.56. The first kappa shape index (κ1) is 23.8. The standard InChI is InChI=1S/C26H33FN2O3/c1-18-5-10-23(22(15-18)26(2,3)4)32-17-24(30)28-21-11-13-29(14-12-21)25(31)16-19-6-8-20(27)9-7-19/h5-10,15,21H,11-14,16-17H2,1-4H3,(H,28,30). The maximum atomic E-state index is 13.0. The minimum absolute atomic E-state index is 0.0267. The monoisotopic (exact) mass is 440 g/mol. The van der Waals surface area contributed by atoms with E-state index in [4.69, 9.17) is 4.74 Å². The summed E-state index contributed by atoms with van der Waals surface area (Å²) in [5.41, 5.74) is 2.96. The van der Waals surface area contributed by atoms with Gasteiger partial charge < -0.3 is 15.0 Å². The summed E-state index contributed by atoms with van der Waals surface area (Å²) in [5.74, 6) is 0.304. The molecule has 1 aliphatic heterocycles. The van der Waals surface area contributed by atoms with E-state index in [-0.39, 0.29) is 42.1 Å². The summed E-state index contributed by atoms with van der Waals surface area (Å²) >= 11 is 0. The second kappa shape index (κ2) is 10.2. The van der Waals surface area contributed by atoms with E-state index >= 15 is 0 Å². The normalized spacial score (nSPS) is 14.8. The Hall–Kier alpha value is -2.89. The van der Waals surface area contributed by atoms with Gasteiger partial charge in [0.2, 0.25) is 5.91 Å². The number of benzene rings is 2. The number of hydrogen-bond acceptors (Lipinski definition) is 3. The highest BCUT2D eigenvalue weighted by molar-refractivity contribution is 5.79. The van der Waals surface area contributed by atoms with Crippen LogP contribution in [0.4, 0.5) is 4.39 Å². The van der Waals surface area contributed by atoms with Gasteiger partial charge in [-0.25, -0.2) is 4.39 Å². The van der Waals surface area contributed by atoms with E-state index in [1.807, 2.05) is 24.0 Å². The van der Waals surface area contributed by atoms with Crippen molar-refractivity contribution in [2.45, 2.75) is 58.4 Å². The first-order valence-electron chi connectivity index (χ1n) is 11.2. The van der Waals surface area contributed by atoms with Crippen molar-refractivity contribution < 1.29 is 18.7 Å². The molecule has 2 amide bonds. The molecule has 2 aromatic rings. The number of rotatable bonds is 6. The largest absolute Gasteiger partial charge is 0.483 e. The smallest absolute Gasteiger partial charge is 0.258 e. The number of nitrogens with zero attached hydrogens (tertiary/aromatic N) is 1.